The largest absolute Gasteiger partial charge is 0.389 e. The summed E-state index contributed by atoms with van der Waals surface area (Å²) in [6.07, 6.45) is 0.0974. The number of methoxy groups -OCH3 is 1. The first-order valence-electron chi connectivity index (χ1n) is 5.81. The van der Waals surface area contributed by atoms with Crippen molar-refractivity contribution >= 4 is 11.8 Å². The SMILES string of the molecule is CCCN1CC(=O)N(CC(O)COC)CC1=O. The van der Waals surface area contributed by atoms with Crippen LogP contribution in [-0.4, -0.2) is 72.7 Å². The van der Waals surface area contributed by atoms with Crippen molar-refractivity contribution in [3.05, 3.63) is 0 Å². The molecule has 1 N–H and O–H groups in total. The summed E-state index contributed by atoms with van der Waals surface area (Å²) in [4.78, 5) is 26.4. The number of piperazine rings is 1. The maximum atomic E-state index is 11.7. The number of aliphatic hydroxyl groups excluding tert-OH is 1. The lowest BCUT2D eigenvalue weighted by Gasteiger charge is -2.34. The van der Waals surface area contributed by atoms with Crippen LogP contribution in [0.3, 0.4) is 0 Å². The number of carbonyl (C=O) groups excluding carboxylic acids is 2. The van der Waals surface area contributed by atoms with E-state index in [1.165, 1.54) is 12.0 Å². The quantitative estimate of drug-likeness (QED) is 0.655. The molecule has 1 atom stereocenters. The Balaban J connectivity index is 2.49. The maximum absolute atomic E-state index is 11.7. The van der Waals surface area contributed by atoms with E-state index in [1.54, 1.807) is 4.90 Å². The zero-order chi connectivity index (χ0) is 12.8. The van der Waals surface area contributed by atoms with E-state index in [1.807, 2.05) is 6.92 Å². The van der Waals surface area contributed by atoms with Crippen LogP contribution < -0.4 is 0 Å². The summed E-state index contributed by atoms with van der Waals surface area (Å²) < 4.78 is 4.78. The van der Waals surface area contributed by atoms with Gasteiger partial charge in [-0.05, 0) is 6.42 Å². The molecular formula is C11H20N2O4. The van der Waals surface area contributed by atoms with Crippen molar-refractivity contribution in [1.82, 2.24) is 9.80 Å². The average Bonchev–Trinajstić information content (AvgIpc) is 2.26. The topological polar surface area (TPSA) is 70.1 Å². The minimum absolute atomic E-state index is 0.0552. The van der Waals surface area contributed by atoms with Gasteiger partial charge in [-0.25, -0.2) is 0 Å². The highest BCUT2D eigenvalue weighted by atomic mass is 16.5. The lowest BCUT2D eigenvalue weighted by molar-refractivity contribution is -0.151. The van der Waals surface area contributed by atoms with E-state index in [2.05, 4.69) is 0 Å². The first-order chi connectivity index (χ1) is 8.08. The molecule has 1 aliphatic heterocycles. The molecule has 1 heterocycles. The van der Waals surface area contributed by atoms with Gasteiger partial charge >= 0.3 is 0 Å². The minimum atomic E-state index is -0.741. The second-order valence-corrected chi connectivity index (χ2v) is 4.20. The lowest BCUT2D eigenvalue weighted by atomic mass is 10.2. The Bertz CT molecular complexity index is 283. The molecule has 1 aliphatic rings. The molecule has 0 aromatic carbocycles. The molecule has 1 unspecified atom stereocenters. The Morgan fingerprint density at radius 1 is 1.29 bits per heavy atom. The fourth-order valence-corrected chi connectivity index (χ4v) is 1.84. The van der Waals surface area contributed by atoms with Crippen molar-refractivity contribution in [2.45, 2.75) is 19.4 Å². The van der Waals surface area contributed by atoms with Gasteiger partial charge in [-0.1, -0.05) is 6.92 Å². The lowest BCUT2D eigenvalue weighted by Crippen LogP contribution is -2.55. The molecular weight excluding hydrogens is 224 g/mol. The van der Waals surface area contributed by atoms with Crippen molar-refractivity contribution < 1.29 is 19.4 Å². The third-order valence-electron chi connectivity index (χ3n) is 2.64. The van der Waals surface area contributed by atoms with Gasteiger partial charge in [-0.15, -0.1) is 0 Å². The first-order valence-corrected chi connectivity index (χ1v) is 5.81. The normalized spacial score (nSPS) is 18.8. The summed E-state index contributed by atoms with van der Waals surface area (Å²) in [5.41, 5.74) is 0. The second kappa shape index (κ2) is 6.56. The molecule has 0 bridgehead atoms. The predicted octanol–water partition coefficient (Wildman–Crippen LogP) is -0.925. The van der Waals surface area contributed by atoms with Crippen LogP contribution in [0, 0.1) is 0 Å². The summed E-state index contributed by atoms with van der Waals surface area (Å²) in [6, 6.07) is 0. The summed E-state index contributed by atoms with van der Waals surface area (Å²) in [7, 11) is 1.48. The summed E-state index contributed by atoms with van der Waals surface area (Å²) in [5.74, 6) is -0.177. The summed E-state index contributed by atoms with van der Waals surface area (Å²) >= 11 is 0. The highest BCUT2D eigenvalue weighted by Gasteiger charge is 2.30. The van der Waals surface area contributed by atoms with Crippen LogP contribution in [0.5, 0.6) is 0 Å². The fraction of sp³-hybridized carbons (Fsp3) is 0.818. The van der Waals surface area contributed by atoms with E-state index in [0.717, 1.165) is 6.42 Å². The van der Waals surface area contributed by atoms with Crippen molar-refractivity contribution in [3.8, 4) is 0 Å². The van der Waals surface area contributed by atoms with E-state index in [9.17, 15) is 14.7 Å². The molecule has 0 aromatic rings. The highest BCUT2D eigenvalue weighted by molar-refractivity contribution is 5.92. The van der Waals surface area contributed by atoms with Crippen molar-refractivity contribution in [1.29, 1.82) is 0 Å². The summed E-state index contributed by atoms with van der Waals surface area (Å²) in [6.45, 7) is 3.06. The number of carbonyl (C=O) groups is 2. The first kappa shape index (κ1) is 13.9. The van der Waals surface area contributed by atoms with Gasteiger partial charge in [0, 0.05) is 20.2 Å². The molecule has 0 aliphatic carbocycles. The predicted molar refractivity (Wildman–Crippen MR) is 61.3 cm³/mol. The Morgan fingerprint density at radius 2 is 1.88 bits per heavy atom. The number of rotatable bonds is 6. The molecule has 0 spiro atoms. The van der Waals surface area contributed by atoms with Crippen molar-refractivity contribution in [2.24, 2.45) is 0 Å². The van der Waals surface area contributed by atoms with E-state index in [4.69, 9.17) is 4.74 Å². The number of amides is 2. The van der Waals surface area contributed by atoms with Gasteiger partial charge in [0.1, 0.15) is 0 Å². The van der Waals surface area contributed by atoms with Crippen LogP contribution in [-0.2, 0) is 14.3 Å². The average molecular weight is 244 g/mol. The van der Waals surface area contributed by atoms with Crippen molar-refractivity contribution in [3.63, 3.8) is 0 Å². The van der Waals surface area contributed by atoms with Crippen LogP contribution >= 0.6 is 0 Å². The van der Waals surface area contributed by atoms with E-state index in [-0.39, 0.29) is 38.1 Å². The van der Waals surface area contributed by atoms with Gasteiger partial charge in [0.2, 0.25) is 11.8 Å². The molecule has 2 amide bonds. The maximum Gasteiger partial charge on any atom is 0.242 e. The smallest absolute Gasteiger partial charge is 0.242 e. The number of hydrogen-bond donors (Lipinski definition) is 1. The number of hydrogen-bond acceptors (Lipinski definition) is 4. The van der Waals surface area contributed by atoms with E-state index >= 15 is 0 Å². The number of nitrogens with zero attached hydrogens (tertiary/aromatic N) is 2. The third kappa shape index (κ3) is 3.98. The molecule has 1 rings (SSSR count). The monoisotopic (exact) mass is 244 g/mol. The third-order valence-corrected chi connectivity index (χ3v) is 2.64. The van der Waals surface area contributed by atoms with Gasteiger partial charge in [0.05, 0.1) is 25.8 Å². The number of β-amino-alcohol motifs (C(OH)–C–C–N with tert-alkyl or cyclic N) is 1. The van der Waals surface area contributed by atoms with Crippen LogP contribution in [0.2, 0.25) is 0 Å². The van der Waals surface area contributed by atoms with Gasteiger partial charge in [-0.3, -0.25) is 9.59 Å². The summed E-state index contributed by atoms with van der Waals surface area (Å²) in [5, 5.41) is 9.53. The number of ether oxygens (including phenoxy) is 1. The van der Waals surface area contributed by atoms with Gasteiger partial charge in [0.25, 0.3) is 0 Å². The zero-order valence-corrected chi connectivity index (χ0v) is 10.4. The molecule has 1 fully saturated rings. The van der Waals surface area contributed by atoms with E-state index in [0.29, 0.717) is 6.54 Å². The Labute approximate surface area is 101 Å². The molecule has 0 radical (unpaired) electrons. The standard InChI is InChI=1S/C11H20N2O4/c1-3-4-12-6-11(16)13(7-10(12)15)5-9(14)8-17-2/h9,14H,3-8H2,1-2H3. The molecule has 1 saturated heterocycles. The van der Waals surface area contributed by atoms with Crippen LogP contribution in [0.25, 0.3) is 0 Å². The Kier molecular flexibility index (Phi) is 5.37. The second-order valence-electron chi connectivity index (χ2n) is 4.20. The molecule has 6 heteroatoms. The van der Waals surface area contributed by atoms with Gasteiger partial charge in [0.15, 0.2) is 0 Å². The van der Waals surface area contributed by atoms with Gasteiger partial charge < -0.3 is 19.6 Å². The van der Waals surface area contributed by atoms with E-state index < -0.39 is 6.10 Å². The molecule has 0 aromatic heterocycles. The highest BCUT2D eigenvalue weighted by Crippen LogP contribution is 2.06. The fourth-order valence-electron chi connectivity index (χ4n) is 1.84. The molecule has 6 nitrogen and oxygen atoms in total. The minimum Gasteiger partial charge on any atom is -0.389 e. The zero-order valence-electron chi connectivity index (χ0n) is 10.4. The number of aliphatic hydroxyl groups is 1. The van der Waals surface area contributed by atoms with Crippen molar-refractivity contribution in [2.75, 3.05) is 39.9 Å². The molecule has 17 heavy (non-hydrogen) atoms. The molecule has 98 valence electrons. The Morgan fingerprint density at radius 3 is 2.47 bits per heavy atom. The van der Waals surface area contributed by atoms with Gasteiger partial charge in [-0.2, -0.15) is 0 Å². The van der Waals surface area contributed by atoms with Crippen LogP contribution in [0.1, 0.15) is 13.3 Å². The van der Waals surface area contributed by atoms with Crippen LogP contribution in [0.15, 0.2) is 0 Å². The Hall–Kier alpha value is -1.14. The molecule has 0 saturated carbocycles. The van der Waals surface area contributed by atoms with Crippen LogP contribution in [0.4, 0.5) is 0 Å².